The van der Waals surface area contributed by atoms with Crippen LogP contribution in [0.4, 0.5) is 4.39 Å². The summed E-state index contributed by atoms with van der Waals surface area (Å²) in [6.45, 7) is 3.33. The summed E-state index contributed by atoms with van der Waals surface area (Å²) in [4.78, 5) is 23.6. The van der Waals surface area contributed by atoms with Crippen LogP contribution in [-0.4, -0.2) is 39.1 Å². The molecule has 0 N–H and O–H groups in total. The summed E-state index contributed by atoms with van der Waals surface area (Å²) in [6, 6.07) is 7.20. The van der Waals surface area contributed by atoms with Gasteiger partial charge in [0.1, 0.15) is 5.82 Å². The zero-order valence-electron chi connectivity index (χ0n) is 14.4. The predicted molar refractivity (Wildman–Crippen MR) is 99.9 cm³/mol. The highest BCUT2D eigenvalue weighted by Gasteiger charge is 2.56. The fourth-order valence-corrected chi connectivity index (χ4v) is 4.83. The fourth-order valence-electron chi connectivity index (χ4n) is 3.51. The van der Waals surface area contributed by atoms with Gasteiger partial charge in [0, 0.05) is 30.2 Å². The molecule has 7 heteroatoms. The number of halogens is 2. The molecule has 2 aromatic rings. The molecule has 4 nitrogen and oxygen atoms in total. The number of rotatable bonds is 4. The first-order chi connectivity index (χ1) is 12.5. The standard InChI is InChI=1S/C19H19ClFN3OS/c1-12-3-2-4-16(23-12)26-14-5-8-24(11-14)18(25)19(6-7-19)17-15(21)9-13(20)10-22-17/h2-4,9-10,14H,5-8,11H2,1H3. The van der Waals surface area contributed by atoms with Crippen LogP contribution in [0.5, 0.6) is 0 Å². The lowest BCUT2D eigenvalue weighted by Gasteiger charge is -2.23. The lowest BCUT2D eigenvalue weighted by molar-refractivity contribution is -0.133. The second kappa shape index (κ2) is 6.82. The number of aryl methyl sites for hydroxylation is 1. The van der Waals surface area contributed by atoms with Crippen LogP contribution in [0.25, 0.3) is 0 Å². The van der Waals surface area contributed by atoms with Crippen molar-refractivity contribution in [2.24, 2.45) is 0 Å². The van der Waals surface area contributed by atoms with E-state index in [1.165, 1.54) is 12.3 Å². The zero-order valence-corrected chi connectivity index (χ0v) is 16.0. The maximum atomic E-state index is 14.3. The Morgan fingerprint density at radius 2 is 2.23 bits per heavy atom. The maximum Gasteiger partial charge on any atom is 0.234 e. The highest BCUT2D eigenvalue weighted by atomic mass is 35.5. The lowest BCUT2D eigenvalue weighted by atomic mass is 9.99. The van der Waals surface area contributed by atoms with E-state index < -0.39 is 11.2 Å². The monoisotopic (exact) mass is 391 g/mol. The summed E-state index contributed by atoms with van der Waals surface area (Å²) in [6.07, 6.45) is 3.62. The first kappa shape index (κ1) is 17.7. The van der Waals surface area contributed by atoms with Gasteiger partial charge in [0.2, 0.25) is 5.91 Å². The molecule has 0 radical (unpaired) electrons. The second-order valence-corrected chi connectivity index (χ2v) is 8.72. The number of thioether (sulfide) groups is 1. The minimum absolute atomic E-state index is 0.00785. The SMILES string of the molecule is Cc1cccc(SC2CCN(C(=O)C3(c4ncc(Cl)cc4F)CC3)C2)n1. The van der Waals surface area contributed by atoms with E-state index in [-0.39, 0.29) is 16.6 Å². The summed E-state index contributed by atoms with van der Waals surface area (Å²) in [7, 11) is 0. The topological polar surface area (TPSA) is 46.1 Å². The van der Waals surface area contributed by atoms with Crippen molar-refractivity contribution >= 4 is 29.3 Å². The van der Waals surface area contributed by atoms with E-state index in [2.05, 4.69) is 9.97 Å². The highest BCUT2D eigenvalue weighted by molar-refractivity contribution is 7.99. The van der Waals surface area contributed by atoms with Gasteiger partial charge in [-0.2, -0.15) is 0 Å². The summed E-state index contributed by atoms with van der Waals surface area (Å²) < 4.78 is 14.3. The Morgan fingerprint density at radius 3 is 2.92 bits per heavy atom. The average molecular weight is 392 g/mol. The Balaban J connectivity index is 1.46. The van der Waals surface area contributed by atoms with E-state index in [1.54, 1.807) is 11.8 Å². The van der Waals surface area contributed by atoms with Crippen molar-refractivity contribution < 1.29 is 9.18 Å². The molecule has 4 rings (SSSR count). The molecule has 1 aliphatic heterocycles. The van der Waals surface area contributed by atoms with Gasteiger partial charge in [0.25, 0.3) is 0 Å². The van der Waals surface area contributed by atoms with E-state index in [9.17, 15) is 9.18 Å². The second-order valence-electron chi connectivity index (χ2n) is 6.96. The van der Waals surface area contributed by atoms with E-state index in [0.717, 1.165) is 17.1 Å². The van der Waals surface area contributed by atoms with Gasteiger partial charge in [-0.15, -0.1) is 11.8 Å². The number of hydrogen-bond donors (Lipinski definition) is 0. The van der Waals surface area contributed by atoms with Crippen molar-refractivity contribution in [3.8, 4) is 0 Å². The molecule has 1 atom stereocenters. The Labute approximate surface area is 161 Å². The number of likely N-dealkylation sites (tertiary alicyclic amines) is 1. The van der Waals surface area contributed by atoms with Crippen LogP contribution in [0.3, 0.4) is 0 Å². The summed E-state index contributed by atoms with van der Waals surface area (Å²) in [5, 5.41) is 1.54. The molecule has 1 unspecified atom stereocenters. The van der Waals surface area contributed by atoms with Crippen LogP contribution < -0.4 is 0 Å². The Hall–Kier alpha value is -1.66. The normalized spacial score (nSPS) is 21.0. The van der Waals surface area contributed by atoms with Crippen molar-refractivity contribution in [3.63, 3.8) is 0 Å². The number of carbonyl (C=O) groups is 1. The first-order valence-corrected chi connectivity index (χ1v) is 9.95. The van der Waals surface area contributed by atoms with Gasteiger partial charge in [-0.3, -0.25) is 9.78 Å². The summed E-state index contributed by atoms with van der Waals surface area (Å²) in [5.74, 6) is -0.496. The van der Waals surface area contributed by atoms with E-state index in [1.807, 2.05) is 30.0 Å². The van der Waals surface area contributed by atoms with Gasteiger partial charge >= 0.3 is 0 Å². The molecule has 3 heterocycles. The molecule has 1 saturated carbocycles. The molecule has 2 aliphatic rings. The van der Waals surface area contributed by atoms with Crippen LogP contribution in [-0.2, 0) is 10.2 Å². The number of aromatic nitrogens is 2. The summed E-state index contributed by atoms with van der Waals surface area (Å²) in [5.41, 5.74) is 0.431. The van der Waals surface area contributed by atoms with Crippen LogP contribution in [0.2, 0.25) is 5.02 Å². The molecule has 0 aromatic carbocycles. The van der Waals surface area contributed by atoms with Crippen molar-refractivity contribution in [1.82, 2.24) is 14.9 Å². The van der Waals surface area contributed by atoms with Crippen LogP contribution in [0.1, 0.15) is 30.7 Å². The van der Waals surface area contributed by atoms with Crippen LogP contribution >= 0.6 is 23.4 Å². The number of hydrogen-bond acceptors (Lipinski definition) is 4. The number of nitrogens with zero attached hydrogens (tertiary/aromatic N) is 3. The van der Waals surface area contributed by atoms with Gasteiger partial charge in [-0.25, -0.2) is 9.37 Å². The Morgan fingerprint density at radius 1 is 1.42 bits per heavy atom. The first-order valence-electron chi connectivity index (χ1n) is 8.69. The molecular formula is C19H19ClFN3OS. The Bertz CT molecular complexity index is 858. The lowest BCUT2D eigenvalue weighted by Crippen LogP contribution is -2.39. The Kier molecular flexibility index (Phi) is 4.65. The zero-order chi connectivity index (χ0) is 18.3. The van der Waals surface area contributed by atoms with E-state index in [4.69, 9.17) is 11.6 Å². The minimum atomic E-state index is -0.796. The third-order valence-electron chi connectivity index (χ3n) is 5.00. The number of pyridine rings is 2. The van der Waals surface area contributed by atoms with Gasteiger partial charge in [0.15, 0.2) is 0 Å². The van der Waals surface area contributed by atoms with Crippen LogP contribution in [0, 0.1) is 12.7 Å². The van der Waals surface area contributed by atoms with E-state index in [0.29, 0.717) is 31.2 Å². The molecule has 1 aliphatic carbocycles. The number of carbonyl (C=O) groups excluding carboxylic acids is 1. The van der Waals surface area contributed by atoms with Crippen LogP contribution in [0.15, 0.2) is 35.5 Å². The smallest absolute Gasteiger partial charge is 0.234 e. The molecule has 26 heavy (non-hydrogen) atoms. The molecule has 2 fully saturated rings. The molecular weight excluding hydrogens is 373 g/mol. The maximum absolute atomic E-state index is 14.3. The third-order valence-corrected chi connectivity index (χ3v) is 6.40. The molecule has 136 valence electrons. The van der Waals surface area contributed by atoms with Crippen molar-refractivity contribution in [2.45, 2.75) is 41.9 Å². The largest absolute Gasteiger partial charge is 0.341 e. The molecule has 0 spiro atoms. The molecule has 0 bridgehead atoms. The van der Waals surface area contributed by atoms with Gasteiger partial charge < -0.3 is 4.90 Å². The molecule has 1 saturated heterocycles. The van der Waals surface area contributed by atoms with E-state index >= 15 is 0 Å². The highest BCUT2D eigenvalue weighted by Crippen LogP contribution is 2.50. The predicted octanol–water partition coefficient (Wildman–Crippen LogP) is 4.00. The van der Waals surface area contributed by atoms with Crippen molar-refractivity contribution in [2.75, 3.05) is 13.1 Å². The van der Waals surface area contributed by atoms with Crippen molar-refractivity contribution in [3.05, 3.63) is 52.7 Å². The van der Waals surface area contributed by atoms with Gasteiger partial charge in [0.05, 0.1) is 21.2 Å². The van der Waals surface area contributed by atoms with Gasteiger partial charge in [-0.05, 0) is 44.4 Å². The quantitative estimate of drug-likeness (QED) is 0.790. The third kappa shape index (κ3) is 3.32. The molecule has 2 aromatic heterocycles. The molecule has 1 amide bonds. The summed E-state index contributed by atoms with van der Waals surface area (Å²) >= 11 is 7.50. The fraction of sp³-hybridized carbons (Fsp3) is 0.421. The minimum Gasteiger partial charge on any atom is -0.341 e. The van der Waals surface area contributed by atoms with Crippen molar-refractivity contribution in [1.29, 1.82) is 0 Å². The van der Waals surface area contributed by atoms with Gasteiger partial charge in [-0.1, -0.05) is 17.7 Å². The number of amides is 1. The average Bonchev–Trinajstić information content (AvgIpc) is 3.27.